The molecular formula is C15H24FNO. The van der Waals surface area contributed by atoms with Crippen molar-refractivity contribution in [3.63, 3.8) is 0 Å². The lowest BCUT2D eigenvalue weighted by molar-refractivity contribution is 0.175. The van der Waals surface area contributed by atoms with Crippen molar-refractivity contribution in [3.05, 3.63) is 29.6 Å². The SMILES string of the molecule is CCNC(COc1ccc(F)c(C)c1)C(C)(C)C. The predicted octanol–water partition coefficient (Wildman–Crippen LogP) is 3.54. The van der Waals surface area contributed by atoms with Crippen LogP contribution in [0.3, 0.4) is 0 Å². The number of benzene rings is 1. The number of aryl methyl sites for hydroxylation is 1. The molecule has 0 saturated heterocycles. The highest BCUT2D eigenvalue weighted by molar-refractivity contribution is 5.28. The van der Waals surface area contributed by atoms with Gasteiger partial charge in [0.2, 0.25) is 0 Å². The van der Waals surface area contributed by atoms with E-state index in [0.29, 0.717) is 12.2 Å². The van der Waals surface area contributed by atoms with Gasteiger partial charge in [0.15, 0.2) is 0 Å². The number of rotatable bonds is 5. The highest BCUT2D eigenvalue weighted by atomic mass is 19.1. The summed E-state index contributed by atoms with van der Waals surface area (Å²) in [5, 5.41) is 3.42. The predicted molar refractivity (Wildman–Crippen MR) is 73.6 cm³/mol. The summed E-state index contributed by atoms with van der Waals surface area (Å²) in [6.07, 6.45) is 0. The number of likely N-dealkylation sites (N-methyl/N-ethyl adjacent to an activating group) is 1. The van der Waals surface area contributed by atoms with Gasteiger partial charge in [-0.3, -0.25) is 0 Å². The normalized spacial score (nSPS) is 13.4. The second-order valence-corrected chi connectivity index (χ2v) is 5.70. The van der Waals surface area contributed by atoms with Crippen molar-refractivity contribution in [2.24, 2.45) is 5.41 Å². The number of hydrogen-bond donors (Lipinski definition) is 1. The van der Waals surface area contributed by atoms with Crippen LogP contribution in [0.15, 0.2) is 18.2 Å². The lowest BCUT2D eigenvalue weighted by Crippen LogP contribution is -2.44. The van der Waals surface area contributed by atoms with Gasteiger partial charge in [-0.15, -0.1) is 0 Å². The van der Waals surface area contributed by atoms with E-state index in [2.05, 4.69) is 33.0 Å². The Kier molecular flexibility index (Phi) is 5.15. The summed E-state index contributed by atoms with van der Waals surface area (Å²) in [7, 11) is 0. The van der Waals surface area contributed by atoms with Crippen LogP contribution in [0.2, 0.25) is 0 Å². The van der Waals surface area contributed by atoms with Crippen molar-refractivity contribution in [2.45, 2.75) is 40.7 Å². The van der Waals surface area contributed by atoms with E-state index in [1.807, 2.05) is 0 Å². The maximum atomic E-state index is 13.1. The van der Waals surface area contributed by atoms with E-state index in [4.69, 9.17) is 4.74 Å². The van der Waals surface area contributed by atoms with Gasteiger partial charge in [-0.2, -0.15) is 0 Å². The van der Waals surface area contributed by atoms with Crippen LogP contribution < -0.4 is 10.1 Å². The summed E-state index contributed by atoms with van der Waals surface area (Å²) in [6.45, 7) is 11.9. The van der Waals surface area contributed by atoms with Crippen molar-refractivity contribution in [1.82, 2.24) is 5.32 Å². The molecule has 0 bridgehead atoms. The molecule has 1 atom stereocenters. The Morgan fingerprint density at radius 1 is 1.33 bits per heavy atom. The monoisotopic (exact) mass is 253 g/mol. The van der Waals surface area contributed by atoms with Gasteiger partial charge in [-0.05, 0) is 42.6 Å². The van der Waals surface area contributed by atoms with Crippen molar-refractivity contribution in [3.8, 4) is 5.75 Å². The van der Waals surface area contributed by atoms with Crippen LogP contribution >= 0.6 is 0 Å². The first kappa shape index (κ1) is 15.0. The minimum Gasteiger partial charge on any atom is -0.492 e. The molecule has 0 aliphatic carbocycles. The Morgan fingerprint density at radius 2 is 2.00 bits per heavy atom. The molecule has 18 heavy (non-hydrogen) atoms. The number of hydrogen-bond acceptors (Lipinski definition) is 2. The zero-order chi connectivity index (χ0) is 13.8. The van der Waals surface area contributed by atoms with Gasteiger partial charge < -0.3 is 10.1 Å². The highest BCUT2D eigenvalue weighted by Crippen LogP contribution is 2.21. The van der Waals surface area contributed by atoms with Crippen LogP contribution in [0.5, 0.6) is 5.75 Å². The van der Waals surface area contributed by atoms with E-state index in [9.17, 15) is 4.39 Å². The van der Waals surface area contributed by atoms with Crippen LogP contribution in [-0.4, -0.2) is 19.2 Å². The van der Waals surface area contributed by atoms with E-state index in [-0.39, 0.29) is 17.3 Å². The summed E-state index contributed by atoms with van der Waals surface area (Å²) in [5.41, 5.74) is 0.744. The number of ether oxygens (including phenoxy) is 1. The van der Waals surface area contributed by atoms with E-state index in [1.165, 1.54) is 6.07 Å². The summed E-state index contributed by atoms with van der Waals surface area (Å²) < 4.78 is 18.9. The molecule has 0 radical (unpaired) electrons. The first-order valence-electron chi connectivity index (χ1n) is 6.47. The van der Waals surface area contributed by atoms with Gasteiger partial charge in [0.05, 0.1) is 0 Å². The fraction of sp³-hybridized carbons (Fsp3) is 0.600. The second kappa shape index (κ2) is 6.19. The number of nitrogens with one attached hydrogen (secondary N) is 1. The van der Waals surface area contributed by atoms with E-state index in [1.54, 1.807) is 19.1 Å². The standard InChI is InChI=1S/C15H24FNO/c1-6-17-14(15(3,4)5)10-18-12-7-8-13(16)11(2)9-12/h7-9,14,17H,6,10H2,1-5H3. The zero-order valence-corrected chi connectivity index (χ0v) is 12.0. The minimum atomic E-state index is -0.193. The molecule has 1 aromatic carbocycles. The van der Waals surface area contributed by atoms with Crippen molar-refractivity contribution in [1.29, 1.82) is 0 Å². The topological polar surface area (TPSA) is 21.3 Å². The van der Waals surface area contributed by atoms with Crippen LogP contribution in [0.4, 0.5) is 4.39 Å². The lowest BCUT2D eigenvalue weighted by atomic mass is 9.87. The van der Waals surface area contributed by atoms with Gasteiger partial charge in [-0.1, -0.05) is 27.7 Å². The third-order valence-electron chi connectivity index (χ3n) is 3.04. The third kappa shape index (κ3) is 4.30. The van der Waals surface area contributed by atoms with E-state index in [0.717, 1.165) is 12.3 Å². The Labute approximate surface area is 110 Å². The summed E-state index contributed by atoms with van der Waals surface area (Å²) in [5.74, 6) is 0.530. The molecule has 2 nitrogen and oxygen atoms in total. The van der Waals surface area contributed by atoms with Gasteiger partial charge in [0.1, 0.15) is 18.2 Å². The quantitative estimate of drug-likeness (QED) is 0.866. The smallest absolute Gasteiger partial charge is 0.126 e. The van der Waals surface area contributed by atoms with Crippen molar-refractivity contribution in [2.75, 3.05) is 13.2 Å². The van der Waals surface area contributed by atoms with Crippen LogP contribution in [0, 0.1) is 18.2 Å². The van der Waals surface area contributed by atoms with Crippen molar-refractivity contribution >= 4 is 0 Å². The fourth-order valence-electron chi connectivity index (χ4n) is 1.75. The molecule has 0 aromatic heterocycles. The molecule has 1 N–H and O–H groups in total. The van der Waals surface area contributed by atoms with Gasteiger partial charge >= 0.3 is 0 Å². The van der Waals surface area contributed by atoms with E-state index >= 15 is 0 Å². The molecule has 0 spiro atoms. The molecular weight excluding hydrogens is 229 g/mol. The molecule has 0 heterocycles. The molecule has 1 unspecified atom stereocenters. The average Bonchev–Trinajstić information content (AvgIpc) is 2.27. The molecule has 0 amide bonds. The van der Waals surface area contributed by atoms with E-state index < -0.39 is 0 Å². The van der Waals surface area contributed by atoms with Crippen LogP contribution in [-0.2, 0) is 0 Å². The number of halogens is 1. The van der Waals surface area contributed by atoms with Gasteiger partial charge in [0.25, 0.3) is 0 Å². The molecule has 0 fully saturated rings. The average molecular weight is 253 g/mol. The summed E-state index contributed by atoms with van der Waals surface area (Å²) in [6, 6.07) is 5.13. The van der Waals surface area contributed by atoms with Gasteiger partial charge in [-0.25, -0.2) is 4.39 Å². The van der Waals surface area contributed by atoms with Crippen LogP contribution in [0.1, 0.15) is 33.3 Å². The first-order chi connectivity index (χ1) is 8.34. The third-order valence-corrected chi connectivity index (χ3v) is 3.04. The molecule has 102 valence electrons. The fourth-order valence-corrected chi connectivity index (χ4v) is 1.75. The summed E-state index contributed by atoms with van der Waals surface area (Å²) >= 11 is 0. The highest BCUT2D eigenvalue weighted by Gasteiger charge is 2.24. The Morgan fingerprint density at radius 3 is 2.50 bits per heavy atom. The maximum absolute atomic E-state index is 13.1. The lowest BCUT2D eigenvalue weighted by Gasteiger charge is -2.31. The zero-order valence-electron chi connectivity index (χ0n) is 12.0. The van der Waals surface area contributed by atoms with Gasteiger partial charge in [0, 0.05) is 6.04 Å². The Balaban J connectivity index is 2.64. The Hall–Kier alpha value is -1.09. The summed E-state index contributed by atoms with van der Waals surface area (Å²) in [4.78, 5) is 0. The molecule has 0 aliphatic heterocycles. The molecule has 1 rings (SSSR count). The minimum absolute atomic E-state index is 0.130. The second-order valence-electron chi connectivity index (χ2n) is 5.70. The molecule has 3 heteroatoms. The molecule has 0 aliphatic rings. The van der Waals surface area contributed by atoms with Crippen molar-refractivity contribution < 1.29 is 9.13 Å². The first-order valence-corrected chi connectivity index (χ1v) is 6.47. The Bertz CT molecular complexity index is 385. The molecule has 1 aromatic rings. The molecule has 0 saturated carbocycles. The largest absolute Gasteiger partial charge is 0.492 e. The maximum Gasteiger partial charge on any atom is 0.126 e. The van der Waals surface area contributed by atoms with Crippen LogP contribution in [0.25, 0.3) is 0 Å².